The molecule has 0 aliphatic rings. The van der Waals surface area contributed by atoms with Crippen LogP contribution in [-0.4, -0.2) is 38.3 Å². The molecular weight excluding hydrogens is 1460 g/mol. The Bertz CT molecular complexity index is 5010. The van der Waals surface area contributed by atoms with Crippen molar-refractivity contribution in [2.45, 2.75) is 105 Å². The molecule has 0 unspecified atom stereocenters. The number of aromatic nitrogens is 8. The van der Waals surface area contributed by atoms with Crippen molar-refractivity contribution in [3.63, 3.8) is 0 Å². The Morgan fingerprint density at radius 2 is 0.567 bits per heavy atom. The SMILES string of the molecule is CC(C)(C)c1[c-]nn(C(C)(C)C)c1.CC(C)(C)c1[c-]nn(C(C)(C)C)c1.[Pt+2].[Pt+2].[c-]1cccc2c3cccc4c5ccccc5c5ccccc5c5cccnc5n(c12)c43.[c-]1cccc2c3cccc4c5ccccc5c5ccccc5c5cccnc5n(c12)c43. The van der Waals surface area contributed by atoms with Crippen molar-refractivity contribution >= 4 is 120 Å². The molecule has 8 nitrogen and oxygen atoms in total. The van der Waals surface area contributed by atoms with Gasteiger partial charge >= 0.3 is 42.1 Å². The summed E-state index contributed by atoms with van der Waals surface area (Å²) in [6.45, 7) is 25.9. The molecule has 90 heavy (non-hydrogen) atoms. The van der Waals surface area contributed by atoms with Gasteiger partial charge in [0.25, 0.3) is 0 Å². The molecule has 0 saturated heterocycles. The standard InChI is InChI=1S/2C29H17N2.2C11H19N2.2Pt/c2*1-3-11-21-19(9-1)20-10-2-4-12-22(20)26-16-8-18-30-29(26)31-27-17-6-5-13-23(27)25-15-7-14-24(21)28(25)31;2*1-10(2,3)9-7-12-13(8-9)11(4,5)6;;/h2*1-16,18H;2*8H,1-6H3;;/q4*-1;2*+2. The second-order valence-electron chi connectivity index (χ2n) is 26.9. The fourth-order valence-corrected chi connectivity index (χ4v) is 12.1. The maximum atomic E-state index is 4.91. The first-order valence-electron chi connectivity index (χ1n) is 30.4. The molecule has 8 aromatic carbocycles. The normalized spacial score (nSPS) is 12.0. The fraction of sp³-hybridized carbons (Fsp3) is 0.200. The number of benzene rings is 8. The zero-order valence-corrected chi connectivity index (χ0v) is 57.5. The number of hydrogen-bond acceptors (Lipinski definition) is 4. The zero-order chi connectivity index (χ0) is 61.3. The molecule has 10 heteroatoms. The van der Waals surface area contributed by atoms with Crippen LogP contribution in [0.5, 0.6) is 0 Å². The van der Waals surface area contributed by atoms with Gasteiger partial charge < -0.3 is 28.4 Å². The van der Waals surface area contributed by atoms with Crippen LogP contribution < -0.4 is 0 Å². The summed E-state index contributed by atoms with van der Waals surface area (Å²) < 4.78 is 8.53. The van der Waals surface area contributed by atoms with Crippen LogP contribution in [0.2, 0.25) is 0 Å². The minimum absolute atomic E-state index is 0. The van der Waals surface area contributed by atoms with E-state index < -0.39 is 0 Å². The van der Waals surface area contributed by atoms with Crippen LogP contribution in [-0.2, 0) is 64.0 Å². The topological polar surface area (TPSA) is 70.2 Å². The summed E-state index contributed by atoms with van der Waals surface area (Å²) in [6.07, 6.45) is 14.1. The van der Waals surface area contributed by atoms with Crippen molar-refractivity contribution in [2.75, 3.05) is 0 Å². The second-order valence-corrected chi connectivity index (χ2v) is 26.9. The Morgan fingerprint density at radius 3 is 0.856 bits per heavy atom. The summed E-state index contributed by atoms with van der Waals surface area (Å²) in [5, 5.41) is 27.8. The molecule has 8 aromatic heterocycles. The summed E-state index contributed by atoms with van der Waals surface area (Å²) in [7, 11) is 0. The van der Waals surface area contributed by atoms with Crippen LogP contribution in [0.4, 0.5) is 0 Å². The van der Waals surface area contributed by atoms with Crippen LogP contribution in [0.1, 0.15) is 94.2 Å². The largest absolute Gasteiger partial charge is 2.00 e. The minimum Gasteiger partial charge on any atom is -0.363 e. The summed E-state index contributed by atoms with van der Waals surface area (Å²) in [6, 6.07) is 75.8. The summed E-state index contributed by atoms with van der Waals surface area (Å²) in [5.74, 6) is 0. The maximum absolute atomic E-state index is 4.91. The molecule has 0 bridgehead atoms. The number of pyridine rings is 2. The molecule has 0 N–H and O–H groups in total. The van der Waals surface area contributed by atoms with E-state index >= 15 is 0 Å². The van der Waals surface area contributed by atoms with Crippen LogP contribution in [0.3, 0.4) is 0 Å². The minimum atomic E-state index is 0. The first kappa shape index (κ1) is 63.0. The Balaban J connectivity index is 0.000000133. The summed E-state index contributed by atoms with van der Waals surface area (Å²) in [5.41, 5.74) is 9.09. The number of nitrogens with zero attached hydrogens (tertiary/aromatic N) is 8. The van der Waals surface area contributed by atoms with Crippen molar-refractivity contribution in [2.24, 2.45) is 0 Å². The maximum Gasteiger partial charge on any atom is 2.00 e. The molecule has 0 radical (unpaired) electrons. The van der Waals surface area contributed by atoms with Gasteiger partial charge in [0.15, 0.2) is 0 Å². The van der Waals surface area contributed by atoms with E-state index in [0.29, 0.717) is 0 Å². The van der Waals surface area contributed by atoms with E-state index in [1.807, 2.05) is 46.0 Å². The van der Waals surface area contributed by atoms with Crippen LogP contribution in [0, 0.1) is 24.5 Å². The summed E-state index contributed by atoms with van der Waals surface area (Å²) >= 11 is 0. The van der Waals surface area contributed by atoms with Crippen LogP contribution in [0.15, 0.2) is 219 Å². The van der Waals surface area contributed by atoms with Gasteiger partial charge in [-0.15, -0.1) is 35.6 Å². The van der Waals surface area contributed by atoms with Gasteiger partial charge in [0, 0.05) is 56.0 Å². The van der Waals surface area contributed by atoms with Gasteiger partial charge in [-0.05, 0) is 131 Å². The molecule has 8 heterocycles. The van der Waals surface area contributed by atoms with Gasteiger partial charge in [-0.1, -0.05) is 186 Å². The molecule has 452 valence electrons. The van der Waals surface area contributed by atoms with Crippen LogP contribution >= 0.6 is 0 Å². The van der Waals surface area contributed by atoms with Gasteiger partial charge in [0.2, 0.25) is 0 Å². The first-order chi connectivity index (χ1) is 42.3. The molecule has 0 atom stereocenters. The Morgan fingerprint density at radius 1 is 0.300 bits per heavy atom. The smallest absolute Gasteiger partial charge is 0.363 e. The predicted octanol–water partition coefficient (Wildman–Crippen LogP) is 20.4. The van der Waals surface area contributed by atoms with Gasteiger partial charge in [-0.25, -0.2) is 9.97 Å². The number of rotatable bonds is 0. The van der Waals surface area contributed by atoms with Crippen molar-refractivity contribution in [3.8, 4) is 0 Å². The number of hydrogen-bond donors (Lipinski definition) is 0. The van der Waals surface area contributed by atoms with Gasteiger partial charge in [-0.3, -0.25) is 0 Å². The van der Waals surface area contributed by atoms with E-state index in [0.717, 1.165) is 33.1 Å². The van der Waals surface area contributed by atoms with E-state index in [4.69, 9.17) is 9.97 Å². The van der Waals surface area contributed by atoms with Crippen molar-refractivity contribution in [1.29, 1.82) is 0 Å². The summed E-state index contributed by atoms with van der Waals surface area (Å²) in [4.78, 5) is 9.83. The zero-order valence-electron chi connectivity index (χ0n) is 53.0. The van der Waals surface area contributed by atoms with Crippen molar-refractivity contribution < 1.29 is 42.1 Å². The average Bonchev–Trinajstić information content (AvgIpc) is 1.57. The van der Waals surface area contributed by atoms with E-state index in [1.54, 1.807) is 0 Å². The van der Waals surface area contributed by atoms with E-state index in [9.17, 15) is 0 Å². The first-order valence-corrected chi connectivity index (χ1v) is 30.4. The molecule has 0 spiro atoms. The monoisotopic (exact) mass is 1530 g/mol. The fourth-order valence-electron chi connectivity index (χ4n) is 12.1. The number of fused-ring (bicyclic) bond motifs is 20. The Kier molecular flexibility index (Phi) is 17.3. The number of para-hydroxylation sites is 4. The molecule has 16 rings (SSSR count). The third-order valence-corrected chi connectivity index (χ3v) is 16.7. The van der Waals surface area contributed by atoms with Gasteiger partial charge in [0.1, 0.15) is 11.3 Å². The second kappa shape index (κ2) is 24.7. The third-order valence-electron chi connectivity index (χ3n) is 16.7. The predicted molar refractivity (Wildman–Crippen MR) is 370 cm³/mol. The molecule has 0 aliphatic heterocycles. The van der Waals surface area contributed by atoms with Crippen LogP contribution in [0.25, 0.3) is 120 Å². The third kappa shape index (κ3) is 11.6. The molecular formula is C80H72N8Pt2. The molecule has 16 aromatic rings. The van der Waals surface area contributed by atoms with Gasteiger partial charge in [0.05, 0.1) is 0 Å². The van der Waals surface area contributed by atoms with Gasteiger partial charge in [-0.2, -0.15) is 59.7 Å². The quantitative estimate of drug-likeness (QED) is 0.142. The molecule has 0 aliphatic carbocycles. The average molecular weight is 1540 g/mol. The molecule has 0 fully saturated rings. The molecule has 0 saturated carbocycles. The Hall–Kier alpha value is -8.54. The van der Waals surface area contributed by atoms with Crippen molar-refractivity contribution in [1.82, 2.24) is 38.3 Å². The van der Waals surface area contributed by atoms with E-state index in [-0.39, 0.29) is 64.0 Å². The Labute approximate surface area is 555 Å². The van der Waals surface area contributed by atoms with E-state index in [2.05, 4.69) is 309 Å². The molecule has 0 amide bonds. The van der Waals surface area contributed by atoms with E-state index in [1.165, 1.54) is 97.6 Å². The van der Waals surface area contributed by atoms with Crippen molar-refractivity contribution in [3.05, 3.63) is 255 Å².